The van der Waals surface area contributed by atoms with E-state index in [-0.39, 0.29) is 5.91 Å². The number of aromatic nitrogens is 2. The maximum absolute atomic E-state index is 12.5. The Labute approximate surface area is 142 Å². The maximum Gasteiger partial charge on any atom is 0.274 e. The van der Waals surface area contributed by atoms with Gasteiger partial charge in [0.25, 0.3) is 11.8 Å². The molecule has 7 heteroatoms. The summed E-state index contributed by atoms with van der Waals surface area (Å²) in [5, 5.41) is 7.29. The summed E-state index contributed by atoms with van der Waals surface area (Å²) in [5.74, 6) is -0.897. The minimum Gasteiger partial charge on any atom is -0.366 e. The van der Waals surface area contributed by atoms with Crippen molar-refractivity contribution in [2.24, 2.45) is 5.73 Å². The Kier molecular flexibility index (Phi) is 4.43. The summed E-state index contributed by atoms with van der Waals surface area (Å²) in [7, 11) is 0. The topological polar surface area (TPSA) is 90.0 Å². The Hall–Kier alpha value is -2.93. The fourth-order valence-corrected chi connectivity index (χ4v) is 3.42. The molecule has 0 spiro atoms. The molecule has 0 bridgehead atoms. The smallest absolute Gasteiger partial charge is 0.274 e. The maximum atomic E-state index is 12.5. The Bertz CT molecular complexity index is 883. The van der Waals surface area contributed by atoms with E-state index < -0.39 is 5.91 Å². The fourth-order valence-electron chi connectivity index (χ4n) is 2.36. The number of hydrogen-bond acceptors (Lipinski definition) is 4. The lowest BCUT2D eigenvalue weighted by Gasteiger charge is -2.06. The minimum atomic E-state index is -0.576. The van der Waals surface area contributed by atoms with E-state index in [2.05, 4.69) is 10.4 Å². The molecule has 3 rings (SSSR count). The van der Waals surface area contributed by atoms with E-state index in [0.29, 0.717) is 22.8 Å². The highest BCUT2D eigenvalue weighted by molar-refractivity contribution is 7.20. The van der Waals surface area contributed by atoms with E-state index in [9.17, 15) is 9.59 Å². The minimum absolute atomic E-state index is 0.301. The van der Waals surface area contributed by atoms with Crippen LogP contribution in [0.5, 0.6) is 0 Å². The molecule has 0 saturated heterocycles. The van der Waals surface area contributed by atoms with Gasteiger partial charge in [0.05, 0.1) is 5.56 Å². The van der Waals surface area contributed by atoms with Gasteiger partial charge in [-0.05, 0) is 24.6 Å². The number of benzene rings is 1. The first-order chi connectivity index (χ1) is 11.6. The molecule has 0 radical (unpaired) electrons. The van der Waals surface area contributed by atoms with Crippen LogP contribution in [0, 0.1) is 0 Å². The molecule has 0 aliphatic rings. The van der Waals surface area contributed by atoms with Crippen LogP contribution in [0.4, 0.5) is 5.00 Å². The quantitative estimate of drug-likeness (QED) is 0.748. The van der Waals surface area contributed by atoms with Gasteiger partial charge in [-0.25, -0.2) is 0 Å². The van der Waals surface area contributed by atoms with Crippen LogP contribution in [-0.2, 0) is 6.54 Å². The molecule has 0 unspecified atom stereocenters. The molecule has 2 heterocycles. The molecule has 1 aromatic carbocycles. The monoisotopic (exact) mass is 340 g/mol. The van der Waals surface area contributed by atoms with Gasteiger partial charge in [0.2, 0.25) is 0 Å². The predicted octanol–water partition coefficient (Wildman–Crippen LogP) is 2.98. The molecule has 0 saturated carbocycles. The van der Waals surface area contributed by atoms with Crippen LogP contribution in [0.1, 0.15) is 27.8 Å². The third kappa shape index (κ3) is 3.07. The van der Waals surface area contributed by atoms with Gasteiger partial charge in [0, 0.05) is 17.6 Å². The summed E-state index contributed by atoms with van der Waals surface area (Å²) in [6, 6.07) is 13.0. The third-order valence-corrected chi connectivity index (χ3v) is 4.63. The van der Waals surface area contributed by atoms with Crippen molar-refractivity contribution in [2.75, 3.05) is 5.32 Å². The lowest BCUT2D eigenvalue weighted by atomic mass is 10.1. The standard InChI is InChI=1S/C17H16N4O2S/c1-2-21-13(8-9-19-21)16(23)20-17-12(15(18)22)10-14(24-17)11-6-4-3-5-7-11/h3-10H,2H2,1H3,(H2,18,22)(H,20,23). The number of aryl methyl sites for hydroxylation is 1. The van der Waals surface area contributed by atoms with Crippen molar-refractivity contribution in [3.05, 3.63) is 59.9 Å². The van der Waals surface area contributed by atoms with Gasteiger partial charge in [0.15, 0.2) is 0 Å². The first-order valence-electron chi connectivity index (χ1n) is 7.42. The van der Waals surface area contributed by atoms with Gasteiger partial charge in [-0.2, -0.15) is 5.10 Å². The molecule has 24 heavy (non-hydrogen) atoms. The van der Waals surface area contributed by atoms with E-state index >= 15 is 0 Å². The van der Waals surface area contributed by atoms with Crippen molar-refractivity contribution in [1.29, 1.82) is 0 Å². The third-order valence-electron chi connectivity index (χ3n) is 3.53. The molecule has 0 aliphatic heterocycles. The highest BCUT2D eigenvalue weighted by atomic mass is 32.1. The number of anilines is 1. The number of thiophene rings is 1. The second kappa shape index (κ2) is 6.67. The number of nitrogens with zero attached hydrogens (tertiary/aromatic N) is 2. The first-order valence-corrected chi connectivity index (χ1v) is 8.24. The number of primary amides is 1. The molecule has 122 valence electrons. The van der Waals surface area contributed by atoms with Gasteiger partial charge in [-0.1, -0.05) is 30.3 Å². The summed E-state index contributed by atoms with van der Waals surface area (Å²) in [6.45, 7) is 2.48. The number of carbonyl (C=O) groups excluding carboxylic acids is 2. The predicted molar refractivity (Wildman–Crippen MR) is 94.1 cm³/mol. The van der Waals surface area contributed by atoms with Crippen LogP contribution >= 0.6 is 11.3 Å². The second-order valence-corrected chi connectivity index (χ2v) is 6.12. The van der Waals surface area contributed by atoms with E-state index in [1.165, 1.54) is 11.3 Å². The first kappa shape index (κ1) is 15.9. The highest BCUT2D eigenvalue weighted by Crippen LogP contribution is 2.35. The zero-order chi connectivity index (χ0) is 17.1. The van der Waals surface area contributed by atoms with Gasteiger partial charge in [-0.15, -0.1) is 11.3 Å². The van der Waals surface area contributed by atoms with Crippen molar-refractivity contribution in [3.63, 3.8) is 0 Å². The van der Waals surface area contributed by atoms with E-state index in [1.807, 2.05) is 37.3 Å². The Morgan fingerprint density at radius 2 is 2.00 bits per heavy atom. The molecule has 2 amide bonds. The van der Waals surface area contributed by atoms with Crippen LogP contribution in [0.15, 0.2) is 48.7 Å². The summed E-state index contributed by atoms with van der Waals surface area (Å²) in [4.78, 5) is 25.0. The van der Waals surface area contributed by atoms with Crippen molar-refractivity contribution < 1.29 is 9.59 Å². The molecule has 6 nitrogen and oxygen atoms in total. The Balaban J connectivity index is 1.94. The number of amides is 2. The number of hydrogen-bond donors (Lipinski definition) is 2. The van der Waals surface area contributed by atoms with Crippen LogP contribution in [0.25, 0.3) is 10.4 Å². The molecule has 3 aromatic rings. The summed E-state index contributed by atoms with van der Waals surface area (Å²) in [5.41, 5.74) is 7.15. The molecule has 2 aromatic heterocycles. The fraction of sp³-hybridized carbons (Fsp3) is 0.118. The van der Waals surface area contributed by atoms with E-state index in [1.54, 1.807) is 23.0 Å². The zero-order valence-corrected chi connectivity index (χ0v) is 13.8. The number of rotatable bonds is 5. The van der Waals surface area contributed by atoms with Crippen LogP contribution in [0.3, 0.4) is 0 Å². The lowest BCUT2D eigenvalue weighted by Crippen LogP contribution is -2.19. The van der Waals surface area contributed by atoms with E-state index in [0.717, 1.165) is 10.4 Å². The molecular formula is C17H16N4O2S. The van der Waals surface area contributed by atoms with Gasteiger partial charge in [-0.3, -0.25) is 14.3 Å². The summed E-state index contributed by atoms with van der Waals surface area (Å²) >= 11 is 1.32. The molecule has 3 N–H and O–H groups in total. The lowest BCUT2D eigenvalue weighted by molar-refractivity contribution is 0.100. The Morgan fingerprint density at radius 3 is 2.67 bits per heavy atom. The van der Waals surface area contributed by atoms with Gasteiger partial charge >= 0.3 is 0 Å². The molecular weight excluding hydrogens is 324 g/mol. The summed E-state index contributed by atoms with van der Waals surface area (Å²) < 4.78 is 1.59. The largest absolute Gasteiger partial charge is 0.366 e. The zero-order valence-electron chi connectivity index (χ0n) is 13.0. The molecule has 0 aliphatic carbocycles. The van der Waals surface area contributed by atoms with Crippen molar-refractivity contribution in [3.8, 4) is 10.4 Å². The SMILES string of the molecule is CCn1nccc1C(=O)Nc1sc(-c2ccccc2)cc1C(N)=O. The van der Waals surface area contributed by atoms with Crippen LogP contribution in [0.2, 0.25) is 0 Å². The molecule has 0 atom stereocenters. The number of carbonyl (C=O) groups is 2. The summed E-state index contributed by atoms with van der Waals surface area (Å²) in [6.07, 6.45) is 1.57. The number of nitrogens with one attached hydrogen (secondary N) is 1. The average Bonchev–Trinajstić information content (AvgIpc) is 3.22. The highest BCUT2D eigenvalue weighted by Gasteiger charge is 2.19. The van der Waals surface area contributed by atoms with Gasteiger partial charge in [0.1, 0.15) is 10.7 Å². The van der Waals surface area contributed by atoms with Crippen LogP contribution < -0.4 is 11.1 Å². The second-order valence-electron chi connectivity index (χ2n) is 5.07. The van der Waals surface area contributed by atoms with Crippen LogP contribution in [-0.4, -0.2) is 21.6 Å². The Morgan fingerprint density at radius 1 is 1.25 bits per heavy atom. The average molecular weight is 340 g/mol. The van der Waals surface area contributed by atoms with Crippen molar-refractivity contribution >= 4 is 28.2 Å². The number of nitrogens with two attached hydrogens (primary N) is 1. The molecule has 0 fully saturated rings. The van der Waals surface area contributed by atoms with E-state index in [4.69, 9.17) is 5.73 Å². The van der Waals surface area contributed by atoms with Gasteiger partial charge < -0.3 is 11.1 Å². The normalized spacial score (nSPS) is 10.5. The van der Waals surface area contributed by atoms with Crippen molar-refractivity contribution in [2.45, 2.75) is 13.5 Å². The van der Waals surface area contributed by atoms with Crippen molar-refractivity contribution in [1.82, 2.24) is 9.78 Å².